The van der Waals surface area contributed by atoms with Crippen molar-refractivity contribution >= 4 is 23.6 Å². The Morgan fingerprint density at radius 1 is 1.05 bits per heavy atom. The Morgan fingerprint density at radius 3 is 2.12 bits per heavy atom. The maximum absolute atomic E-state index is 13.6. The Bertz CT molecular complexity index is 1310. The van der Waals surface area contributed by atoms with Crippen molar-refractivity contribution in [2.75, 3.05) is 4.90 Å². The summed E-state index contributed by atoms with van der Waals surface area (Å²) in [6.07, 6.45) is 2.30. The van der Waals surface area contributed by atoms with Gasteiger partial charge in [0.2, 0.25) is 5.95 Å². The van der Waals surface area contributed by atoms with Crippen LogP contribution in [0.15, 0.2) is 43.0 Å². The molecule has 4 rings (SSSR count). The second-order valence-electron chi connectivity index (χ2n) is 11.1. The number of piperidine rings is 1. The molecule has 0 saturated carbocycles. The third-order valence-electron chi connectivity index (χ3n) is 7.51. The molecule has 8 nitrogen and oxygen atoms in total. The number of carbonyl (C=O) groups is 1. The number of anilines is 1. The van der Waals surface area contributed by atoms with Crippen molar-refractivity contribution in [2.24, 2.45) is 18.9 Å². The lowest BCUT2D eigenvalue weighted by atomic mass is 9.81. The van der Waals surface area contributed by atoms with Crippen molar-refractivity contribution in [1.82, 2.24) is 24.6 Å². The van der Waals surface area contributed by atoms with Crippen molar-refractivity contribution in [3.8, 4) is 11.1 Å². The Balaban J connectivity index is 1.76. The quantitative estimate of drug-likeness (QED) is 0.334. The minimum atomic E-state index is -4.55. The van der Waals surface area contributed by atoms with Gasteiger partial charge in [-0.3, -0.25) is 4.68 Å². The van der Waals surface area contributed by atoms with E-state index >= 15 is 0 Å². The summed E-state index contributed by atoms with van der Waals surface area (Å²) >= 11 is 6.12. The van der Waals surface area contributed by atoms with Crippen LogP contribution in [0, 0.1) is 11.8 Å². The van der Waals surface area contributed by atoms with E-state index in [0.29, 0.717) is 24.4 Å². The third kappa shape index (κ3) is 6.51. The average Bonchev–Trinajstić information content (AvgIpc) is 3.31. The molecule has 1 saturated heterocycles. The molecule has 216 valence electrons. The number of aromatic nitrogens is 4. The number of amides is 1. The fourth-order valence-electron chi connectivity index (χ4n) is 5.51. The van der Waals surface area contributed by atoms with Gasteiger partial charge in [0.1, 0.15) is 0 Å². The van der Waals surface area contributed by atoms with Crippen LogP contribution in [-0.4, -0.2) is 54.0 Å². The number of hydrogen-bond acceptors (Lipinski definition) is 5. The van der Waals surface area contributed by atoms with Gasteiger partial charge in [0.05, 0.1) is 11.8 Å². The molecule has 1 fully saturated rings. The molecule has 1 aromatic carbocycles. The topological polar surface area (TPSA) is 87.4 Å². The Labute approximate surface area is 236 Å². The Morgan fingerprint density at radius 2 is 1.65 bits per heavy atom. The standard InChI is InChI=1S/C28H34ClF3N6O2/c1-16(2)24-9-23(10-25(17(3)4)38(24)27(39)40)37(14-18-6-21(28(30,31)32)8-22(29)7-18)26-33-11-19(12-34-26)20-13-35-36(5)15-20/h6-8,11-13,15-17,23-25H,9-10,14H2,1-5H3,(H,39,40). The summed E-state index contributed by atoms with van der Waals surface area (Å²) in [4.78, 5) is 25.0. The smallest absolute Gasteiger partial charge is 0.416 e. The lowest BCUT2D eigenvalue weighted by molar-refractivity contribution is -0.137. The van der Waals surface area contributed by atoms with Crippen LogP contribution in [-0.2, 0) is 19.8 Å². The normalized spacial score (nSPS) is 19.9. The number of aryl methyl sites for hydroxylation is 1. The Kier molecular flexibility index (Phi) is 8.63. The van der Waals surface area contributed by atoms with E-state index in [1.165, 1.54) is 6.07 Å². The average molecular weight is 579 g/mol. The van der Waals surface area contributed by atoms with Crippen molar-refractivity contribution in [1.29, 1.82) is 0 Å². The molecule has 2 unspecified atom stereocenters. The van der Waals surface area contributed by atoms with E-state index in [9.17, 15) is 23.1 Å². The monoisotopic (exact) mass is 578 g/mol. The van der Waals surface area contributed by atoms with Gasteiger partial charge in [-0.05, 0) is 48.4 Å². The predicted octanol–water partition coefficient (Wildman–Crippen LogP) is 6.75. The van der Waals surface area contributed by atoms with E-state index in [-0.39, 0.29) is 41.5 Å². The predicted molar refractivity (Wildman–Crippen MR) is 147 cm³/mol. The van der Waals surface area contributed by atoms with E-state index in [1.807, 2.05) is 38.8 Å². The van der Waals surface area contributed by atoms with Crippen LogP contribution in [0.3, 0.4) is 0 Å². The molecule has 0 radical (unpaired) electrons. The fourth-order valence-corrected chi connectivity index (χ4v) is 5.76. The maximum atomic E-state index is 13.6. The lowest BCUT2D eigenvalue weighted by Gasteiger charge is -2.49. The van der Waals surface area contributed by atoms with Gasteiger partial charge in [-0.25, -0.2) is 14.8 Å². The van der Waals surface area contributed by atoms with Gasteiger partial charge in [0, 0.05) is 66.5 Å². The SMILES string of the molecule is CC(C)C1CC(N(Cc2cc(Cl)cc(C(F)(F)F)c2)c2ncc(-c3cnn(C)c3)cn2)CC(C(C)C)N1C(=O)O. The highest BCUT2D eigenvalue weighted by Crippen LogP contribution is 2.37. The van der Waals surface area contributed by atoms with Crippen LogP contribution >= 0.6 is 11.6 Å². The first-order valence-corrected chi connectivity index (χ1v) is 13.6. The summed E-state index contributed by atoms with van der Waals surface area (Å²) < 4.78 is 42.5. The summed E-state index contributed by atoms with van der Waals surface area (Å²) in [5.41, 5.74) is 1.12. The summed E-state index contributed by atoms with van der Waals surface area (Å²) in [7, 11) is 1.81. The minimum Gasteiger partial charge on any atom is -0.465 e. The molecule has 1 aliphatic rings. The molecular weight excluding hydrogens is 545 g/mol. The van der Waals surface area contributed by atoms with Gasteiger partial charge in [0.15, 0.2) is 0 Å². The van der Waals surface area contributed by atoms with E-state index in [4.69, 9.17) is 11.6 Å². The molecule has 3 aromatic rings. The number of hydrogen-bond donors (Lipinski definition) is 1. The van der Waals surface area contributed by atoms with Crippen molar-refractivity contribution in [3.63, 3.8) is 0 Å². The van der Waals surface area contributed by atoms with Gasteiger partial charge < -0.3 is 14.9 Å². The van der Waals surface area contributed by atoms with E-state index in [2.05, 4.69) is 15.1 Å². The van der Waals surface area contributed by atoms with Gasteiger partial charge in [0.25, 0.3) is 0 Å². The summed E-state index contributed by atoms with van der Waals surface area (Å²) in [5, 5.41) is 14.3. The molecular formula is C28H34ClF3N6O2. The first-order valence-electron chi connectivity index (χ1n) is 13.2. The van der Waals surface area contributed by atoms with Gasteiger partial charge in [-0.2, -0.15) is 18.3 Å². The molecule has 0 aliphatic carbocycles. The minimum absolute atomic E-state index is 0.0153. The number of carboxylic acid groups (broad SMARTS) is 1. The molecule has 12 heteroatoms. The molecule has 40 heavy (non-hydrogen) atoms. The van der Waals surface area contributed by atoms with Crippen molar-refractivity contribution < 1.29 is 23.1 Å². The zero-order valence-electron chi connectivity index (χ0n) is 23.1. The maximum Gasteiger partial charge on any atom is 0.416 e. The summed E-state index contributed by atoms with van der Waals surface area (Å²) in [6.45, 7) is 8.00. The van der Waals surface area contributed by atoms with Gasteiger partial charge >= 0.3 is 12.3 Å². The second-order valence-corrected chi connectivity index (χ2v) is 11.5. The van der Waals surface area contributed by atoms with Crippen LogP contribution in [0.5, 0.6) is 0 Å². The van der Waals surface area contributed by atoms with Crippen LogP contribution < -0.4 is 4.90 Å². The van der Waals surface area contributed by atoms with Crippen LogP contribution in [0.4, 0.5) is 23.9 Å². The summed E-state index contributed by atoms with van der Waals surface area (Å²) in [6, 6.07) is 2.71. The number of rotatable bonds is 7. The highest BCUT2D eigenvalue weighted by molar-refractivity contribution is 6.30. The number of halogens is 4. The molecule has 0 spiro atoms. The zero-order valence-corrected chi connectivity index (χ0v) is 23.9. The summed E-state index contributed by atoms with van der Waals surface area (Å²) in [5.74, 6) is 0.401. The largest absolute Gasteiger partial charge is 0.465 e. The third-order valence-corrected chi connectivity index (χ3v) is 7.73. The molecule has 1 aliphatic heterocycles. The van der Waals surface area contributed by atoms with Gasteiger partial charge in [-0.15, -0.1) is 0 Å². The molecule has 0 bridgehead atoms. The van der Waals surface area contributed by atoms with Crippen LogP contribution in [0.25, 0.3) is 11.1 Å². The van der Waals surface area contributed by atoms with Crippen LogP contribution in [0.2, 0.25) is 5.02 Å². The zero-order chi connectivity index (χ0) is 29.4. The molecule has 1 amide bonds. The lowest BCUT2D eigenvalue weighted by Crippen LogP contribution is -2.59. The Hall–Kier alpha value is -3.34. The number of alkyl halides is 3. The first-order chi connectivity index (χ1) is 18.7. The van der Waals surface area contributed by atoms with E-state index in [0.717, 1.165) is 23.3 Å². The number of nitrogens with zero attached hydrogens (tertiary/aromatic N) is 6. The van der Waals surface area contributed by atoms with Gasteiger partial charge in [-0.1, -0.05) is 39.3 Å². The van der Waals surface area contributed by atoms with E-state index < -0.39 is 17.8 Å². The number of benzene rings is 1. The highest BCUT2D eigenvalue weighted by Gasteiger charge is 2.43. The van der Waals surface area contributed by atoms with Crippen molar-refractivity contribution in [2.45, 2.75) is 71.4 Å². The highest BCUT2D eigenvalue weighted by atomic mass is 35.5. The molecule has 2 aromatic heterocycles. The number of likely N-dealkylation sites (tertiary alicyclic amines) is 1. The van der Waals surface area contributed by atoms with Crippen LogP contribution in [0.1, 0.15) is 51.7 Å². The fraction of sp³-hybridized carbons (Fsp3) is 0.500. The first kappa shape index (κ1) is 29.6. The molecule has 2 atom stereocenters. The molecule has 3 heterocycles. The molecule has 1 N–H and O–H groups in total. The van der Waals surface area contributed by atoms with Crippen molar-refractivity contribution in [3.05, 3.63) is 59.1 Å². The second kappa shape index (κ2) is 11.6. The van der Waals surface area contributed by atoms with E-state index in [1.54, 1.807) is 35.2 Å².